The van der Waals surface area contributed by atoms with E-state index in [1.807, 2.05) is 0 Å². The van der Waals surface area contributed by atoms with Gasteiger partial charge in [0.15, 0.2) is 0 Å². The molecule has 3 aliphatic rings. The molecule has 284 valence electrons. The van der Waals surface area contributed by atoms with Crippen molar-refractivity contribution >= 4 is 34.1 Å². The van der Waals surface area contributed by atoms with Gasteiger partial charge in [0.1, 0.15) is 5.41 Å². The zero-order valence-electron chi connectivity index (χ0n) is 33.8. The van der Waals surface area contributed by atoms with Crippen molar-refractivity contribution in [2.24, 2.45) is 0 Å². The minimum absolute atomic E-state index is 0.563. The summed E-state index contributed by atoms with van der Waals surface area (Å²) in [5.74, 6) is 7.95. The van der Waals surface area contributed by atoms with Crippen molar-refractivity contribution in [3.8, 4) is 11.8 Å². The second kappa shape index (κ2) is 18.4. The Labute approximate surface area is 328 Å². The zero-order chi connectivity index (χ0) is 37.2. The first-order valence-electron chi connectivity index (χ1n) is 22.1. The predicted octanol–water partition coefficient (Wildman–Crippen LogP) is 14.5. The average molecular weight is 720 g/mol. The Hall–Kier alpha value is -4.16. The number of hydrogen-bond acceptors (Lipinski definition) is 3. The fourth-order valence-electron chi connectivity index (χ4n) is 9.60. The van der Waals surface area contributed by atoms with Crippen LogP contribution >= 0.6 is 0 Å². The third-order valence-corrected chi connectivity index (χ3v) is 12.3. The van der Waals surface area contributed by atoms with Crippen LogP contribution in [0.5, 0.6) is 0 Å². The van der Waals surface area contributed by atoms with Gasteiger partial charge >= 0.3 is 0 Å². The molecular formula is C51H65N3. The van der Waals surface area contributed by atoms with Crippen LogP contribution in [-0.4, -0.2) is 19.6 Å². The molecule has 7 rings (SSSR count). The van der Waals surface area contributed by atoms with Crippen LogP contribution in [0.15, 0.2) is 84.9 Å². The molecular weight excluding hydrogens is 655 g/mol. The van der Waals surface area contributed by atoms with Crippen molar-refractivity contribution < 1.29 is 0 Å². The quantitative estimate of drug-likeness (QED) is 0.0627. The summed E-state index contributed by atoms with van der Waals surface area (Å²) in [5.41, 5.74) is 12.9. The van der Waals surface area contributed by atoms with Gasteiger partial charge in [-0.15, -0.1) is 0 Å². The highest BCUT2D eigenvalue weighted by Crippen LogP contribution is 2.66. The first kappa shape index (κ1) is 38.1. The maximum absolute atomic E-state index is 4.15. The van der Waals surface area contributed by atoms with E-state index in [1.54, 1.807) is 0 Å². The second-order valence-electron chi connectivity index (χ2n) is 16.1. The Morgan fingerprint density at radius 2 is 0.685 bits per heavy atom. The van der Waals surface area contributed by atoms with Crippen molar-refractivity contribution in [1.29, 1.82) is 0 Å². The van der Waals surface area contributed by atoms with Crippen LogP contribution < -0.4 is 14.7 Å². The van der Waals surface area contributed by atoms with E-state index < -0.39 is 5.41 Å². The summed E-state index contributed by atoms with van der Waals surface area (Å²) in [4.78, 5) is 8.10. The van der Waals surface area contributed by atoms with Crippen LogP contribution in [0.2, 0.25) is 0 Å². The normalized spacial score (nSPS) is 14.2. The largest absolute Gasteiger partial charge is 0.341 e. The number of rotatable bonds is 21. The summed E-state index contributed by atoms with van der Waals surface area (Å²) >= 11 is 0. The first-order valence-corrected chi connectivity index (χ1v) is 22.1. The molecule has 0 radical (unpaired) electrons. The lowest BCUT2D eigenvalue weighted by Crippen LogP contribution is -2.47. The molecule has 0 fully saturated rings. The Balaban J connectivity index is 1.39. The highest BCUT2D eigenvalue weighted by molar-refractivity contribution is 6.02. The van der Waals surface area contributed by atoms with E-state index in [9.17, 15) is 0 Å². The van der Waals surface area contributed by atoms with Crippen LogP contribution in [0.1, 0.15) is 159 Å². The maximum atomic E-state index is 4.15. The molecule has 3 heteroatoms. The average Bonchev–Trinajstić information content (AvgIpc) is 3.21. The molecule has 0 N–H and O–H groups in total. The van der Waals surface area contributed by atoms with Gasteiger partial charge in [-0.1, -0.05) is 165 Å². The summed E-state index contributed by atoms with van der Waals surface area (Å²) in [6, 6.07) is 32.2. The van der Waals surface area contributed by atoms with Gasteiger partial charge in [0, 0.05) is 76.0 Å². The SMILES string of the molecule is CCCCCCCCN1c2cccc3c2C2(C#Cc4ccccc4)c4c1cccc4N(CCCCCCCC)c1cccc(c12)N3CCCCCCCC. The molecule has 0 unspecified atom stereocenters. The smallest absolute Gasteiger partial charge is 0.119 e. The van der Waals surface area contributed by atoms with E-state index in [2.05, 4.69) is 132 Å². The van der Waals surface area contributed by atoms with Gasteiger partial charge in [-0.3, -0.25) is 0 Å². The van der Waals surface area contributed by atoms with Crippen molar-refractivity contribution in [3.63, 3.8) is 0 Å². The summed E-state index contributed by atoms with van der Waals surface area (Å²) in [5, 5.41) is 0. The first-order chi connectivity index (χ1) is 26.7. The highest BCUT2D eigenvalue weighted by atomic mass is 15.2. The Morgan fingerprint density at radius 3 is 1.02 bits per heavy atom. The van der Waals surface area contributed by atoms with E-state index in [1.165, 1.54) is 166 Å². The van der Waals surface area contributed by atoms with Crippen LogP contribution in [0.3, 0.4) is 0 Å². The Bertz CT molecular complexity index is 1640. The molecule has 3 aliphatic heterocycles. The molecule has 3 nitrogen and oxygen atoms in total. The molecule has 0 atom stereocenters. The maximum Gasteiger partial charge on any atom is 0.119 e. The summed E-state index contributed by atoms with van der Waals surface area (Å²) in [6.07, 6.45) is 23.3. The topological polar surface area (TPSA) is 9.72 Å². The monoisotopic (exact) mass is 720 g/mol. The lowest BCUT2D eigenvalue weighted by Gasteiger charge is -2.54. The number of unbranched alkanes of at least 4 members (excludes halogenated alkanes) is 15. The molecule has 0 spiro atoms. The summed E-state index contributed by atoms with van der Waals surface area (Å²) in [7, 11) is 0. The highest BCUT2D eigenvalue weighted by Gasteiger charge is 2.55. The molecule has 0 bridgehead atoms. The number of nitrogens with zero attached hydrogens (tertiary/aromatic N) is 3. The minimum Gasteiger partial charge on any atom is -0.341 e. The van der Waals surface area contributed by atoms with Crippen molar-refractivity contribution in [1.82, 2.24) is 0 Å². The van der Waals surface area contributed by atoms with E-state index in [0.717, 1.165) is 25.2 Å². The van der Waals surface area contributed by atoms with Gasteiger partial charge in [-0.25, -0.2) is 0 Å². The standard InChI is InChI=1S/C51H65N3/c1-4-7-10-13-16-22-38-52-42-30-25-32-44-48(42)51(37-36-41-28-20-19-21-29-41)49-43(52)31-26-33-45(49)54(40-24-18-15-12-9-6-3)47-35-27-34-46(50(47)51)53(44)39-23-17-14-11-8-5-2/h19-21,25-35H,4-18,22-24,38-40H2,1-3H3. The molecule has 0 aromatic heterocycles. The number of hydrogen-bond donors (Lipinski definition) is 0. The van der Waals surface area contributed by atoms with Gasteiger partial charge in [0.05, 0.1) is 0 Å². The second-order valence-corrected chi connectivity index (χ2v) is 16.1. The summed E-state index contributed by atoms with van der Waals surface area (Å²) < 4.78 is 0. The molecule has 54 heavy (non-hydrogen) atoms. The van der Waals surface area contributed by atoms with Gasteiger partial charge in [-0.2, -0.15) is 0 Å². The fraction of sp³-hybridized carbons (Fsp3) is 0.490. The van der Waals surface area contributed by atoms with Crippen LogP contribution in [0, 0.1) is 11.8 Å². The number of anilines is 6. The van der Waals surface area contributed by atoms with Gasteiger partial charge < -0.3 is 14.7 Å². The van der Waals surface area contributed by atoms with Gasteiger partial charge in [0.2, 0.25) is 0 Å². The zero-order valence-corrected chi connectivity index (χ0v) is 33.8. The van der Waals surface area contributed by atoms with E-state index in [-0.39, 0.29) is 0 Å². The molecule has 4 aromatic rings. The molecule has 0 aliphatic carbocycles. The van der Waals surface area contributed by atoms with Crippen molar-refractivity contribution in [3.05, 3.63) is 107 Å². The lowest BCUT2D eigenvalue weighted by molar-refractivity contribution is 0.598. The predicted molar refractivity (Wildman–Crippen MR) is 234 cm³/mol. The van der Waals surface area contributed by atoms with Crippen LogP contribution in [0.4, 0.5) is 34.1 Å². The summed E-state index contributed by atoms with van der Waals surface area (Å²) in [6.45, 7) is 10.0. The van der Waals surface area contributed by atoms with Crippen LogP contribution in [-0.2, 0) is 5.41 Å². The van der Waals surface area contributed by atoms with Crippen molar-refractivity contribution in [2.75, 3.05) is 34.3 Å². The number of benzene rings is 4. The Kier molecular flexibility index (Phi) is 13.0. The molecule has 0 saturated carbocycles. The fourth-order valence-corrected chi connectivity index (χ4v) is 9.60. The Morgan fingerprint density at radius 1 is 0.370 bits per heavy atom. The van der Waals surface area contributed by atoms with Crippen molar-refractivity contribution in [2.45, 2.75) is 142 Å². The third-order valence-electron chi connectivity index (χ3n) is 12.3. The van der Waals surface area contributed by atoms with Gasteiger partial charge in [-0.05, 0) is 67.8 Å². The van der Waals surface area contributed by atoms with E-state index in [4.69, 9.17) is 0 Å². The molecule has 4 aromatic carbocycles. The van der Waals surface area contributed by atoms with Gasteiger partial charge in [0.25, 0.3) is 0 Å². The van der Waals surface area contributed by atoms with E-state index in [0.29, 0.717) is 0 Å². The molecule has 3 heterocycles. The minimum atomic E-state index is -0.563. The molecule has 0 saturated heterocycles. The molecule has 0 amide bonds. The third kappa shape index (κ3) is 7.56. The lowest BCUT2D eigenvalue weighted by atomic mass is 9.61. The van der Waals surface area contributed by atoms with Crippen LogP contribution in [0.25, 0.3) is 0 Å². The van der Waals surface area contributed by atoms with E-state index >= 15 is 0 Å².